The highest BCUT2D eigenvalue weighted by Gasteiger charge is 2.23. The molecule has 0 heterocycles. The molecule has 0 saturated heterocycles. The first kappa shape index (κ1) is 14.8. The van der Waals surface area contributed by atoms with Gasteiger partial charge in [0, 0.05) is 11.3 Å². The van der Waals surface area contributed by atoms with Crippen LogP contribution in [0.25, 0.3) is 0 Å². The Hall–Kier alpha value is -2.63. The largest absolute Gasteiger partial charge is 0.497 e. The molecule has 0 aliphatic carbocycles. The van der Waals surface area contributed by atoms with Gasteiger partial charge in [-0.3, -0.25) is 0 Å². The Morgan fingerprint density at radius 1 is 1.19 bits per heavy atom. The summed E-state index contributed by atoms with van der Waals surface area (Å²) >= 11 is 0. The first-order valence-corrected chi connectivity index (χ1v) is 6.09. The van der Waals surface area contributed by atoms with Gasteiger partial charge in [0.2, 0.25) is 0 Å². The van der Waals surface area contributed by atoms with E-state index in [1.807, 2.05) is 0 Å². The minimum atomic E-state index is -1.39. The number of carbonyl (C=O) groups is 1. The molecule has 0 spiro atoms. The van der Waals surface area contributed by atoms with Crippen molar-refractivity contribution in [2.24, 2.45) is 0 Å². The second-order valence-corrected chi connectivity index (χ2v) is 4.31. The molecule has 2 rings (SSSR count). The summed E-state index contributed by atoms with van der Waals surface area (Å²) in [7, 11) is 1.50. The maximum Gasteiger partial charge on any atom is 0.330 e. The minimum absolute atomic E-state index is 0.265. The van der Waals surface area contributed by atoms with E-state index in [1.165, 1.54) is 7.11 Å². The number of aliphatic carboxylic acids is 1. The zero-order chi connectivity index (χ0) is 15.4. The van der Waals surface area contributed by atoms with E-state index in [0.717, 1.165) is 18.2 Å². The van der Waals surface area contributed by atoms with Crippen molar-refractivity contribution in [3.8, 4) is 5.75 Å². The fourth-order valence-electron chi connectivity index (χ4n) is 1.86. The number of halogens is 2. The van der Waals surface area contributed by atoms with Crippen molar-refractivity contribution in [1.29, 1.82) is 0 Å². The van der Waals surface area contributed by atoms with Crippen LogP contribution in [0.4, 0.5) is 14.5 Å². The monoisotopic (exact) mass is 293 g/mol. The maximum atomic E-state index is 13.7. The van der Waals surface area contributed by atoms with Gasteiger partial charge in [-0.25, -0.2) is 13.6 Å². The Bertz CT molecular complexity index is 644. The Labute approximate surface area is 120 Å². The molecule has 0 radical (unpaired) electrons. The summed E-state index contributed by atoms with van der Waals surface area (Å²) < 4.78 is 31.9. The van der Waals surface area contributed by atoms with Crippen LogP contribution in [0.15, 0.2) is 42.5 Å². The van der Waals surface area contributed by atoms with Gasteiger partial charge < -0.3 is 15.2 Å². The van der Waals surface area contributed by atoms with Crippen LogP contribution in [-0.4, -0.2) is 18.2 Å². The molecule has 0 saturated carbocycles. The van der Waals surface area contributed by atoms with E-state index in [0.29, 0.717) is 11.4 Å². The van der Waals surface area contributed by atoms with Gasteiger partial charge in [-0.1, -0.05) is 0 Å². The lowest BCUT2D eigenvalue weighted by atomic mass is 10.1. The number of hydrogen-bond donors (Lipinski definition) is 2. The topological polar surface area (TPSA) is 58.6 Å². The summed E-state index contributed by atoms with van der Waals surface area (Å²) in [5.41, 5.74) is 0.185. The van der Waals surface area contributed by atoms with Crippen molar-refractivity contribution in [1.82, 2.24) is 0 Å². The van der Waals surface area contributed by atoms with Crippen LogP contribution in [0.3, 0.4) is 0 Å². The van der Waals surface area contributed by atoms with Gasteiger partial charge in [-0.2, -0.15) is 0 Å². The molecule has 2 aromatic carbocycles. The van der Waals surface area contributed by atoms with E-state index in [1.54, 1.807) is 24.3 Å². The Balaban J connectivity index is 2.30. The molecule has 110 valence electrons. The predicted molar refractivity (Wildman–Crippen MR) is 73.4 cm³/mol. The molecule has 0 aromatic heterocycles. The number of methoxy groups -OCH3 is 1. The third-order valence-electron chi connectivity index (χ3n) is 2.92. The summed E-state index contributed by atoms with van der Waals surface area (Å²) in [6.45, 7) is 0. The van der Waals surface area contributed by atoms with Crippen LogP contribution in [0.2, 0.25) is 0 Å². The number of ether oxygens (including phenoxy) is 1. The van der Waals surface area contributed by atoms with E-state index in [4.69, 9.17) is 4.74 Å². The summed E-state index contributed by atoms with van der Waals surface area (Å²) in [6, 6.07) is 7.74. The standard InChI is InChI=1S/C15H13F2NO3/c1-21-11-5-3-10(4-6-11)18-14(15(19)20)12-8-9(16)2-7-13(12)17/h2-8,14,18H,1H3,(H,19,20). The number of carboxylic acids is 1. The molecule has 1 unspecified atom stereocenters. The van der Waals surface area contributed by atoms with Crippen LogP contribution < -0.4 is 10.1 Å². The molecule has 6 heteroatoms. The molecular weight excluding hydrogens is 280 g/mol. The van der Waals surface area contributed by atoms with E-state index >= 15 is 0 Å². The van der Waals surface area contributed by atoms with E-state index < -0.39 is 23.6 Å². The molecule has 0 fully saturated rings. The zero-order valence-electron chi connectivity index (χ0n) is 11.1. The van der Waals surface area contributed by atoms with Gasteiger partial charge in [0.1, 0.15) is 17.4 Å². The number of rotatable bonds is 5. The predicted octanol–water partition coefficient (Wildman–Crippen LogP) is 3.21. The Morgan fingerprint density at radius 2 is 1.86 bits per heavy atom. The fourth-order valence-corrected chi connectivity index (χ4v) is 1.86. The smallest absolute Gasteiger partial charge is 0.330 e. The van der Waals surface area contributed by atoms with Crippen molar-refractivity contribution in [3.63, 3.8) is 0 Å². The van der Waals surface area contributed by atoms with E-state index in [2.05, 4.69) is 5.32 Å². The highest BCUT2D eigenvalue weighted by atomic mass is 19.1. The van der Waals surface area contributed by atoms with Gasteiger partial charge >= 0.3 is 5.97 Å². The average molecular weight is 293 g/mol. The summed E-state index contributed by atoms with van der Waals surface area (Å²) in [4.78, 5) is 11.3. The highest BCUT2D eigenvalue weighted by Crippen LogP contribution is 2.24. The Morgan fingerprint density at radius 3 is 2.43 bits per heavy atom. The number of nitrogens with one attached hydrogen (secondary N) is 1. The lowest BCUT2D eigenvalue weighted by Crippen LogP contribution is -2.21. The third-order valence-corrected chi connectivity index (χ3v) is 2.92. The normalized spacial score (nSPS) is 11.8. The average Bonchev–Trinajstić information content (AvgIpc) is 2.48. The summed E-state index contributed by atoms with van der Waals surface area (Å²) in [5, 5.41) is 11.9. The lowest BCUT2D eigenvalue weighted by molar-refractivity contribution is -0.138. The molecule has 4 nitrogen and oxygen atoms in total. The number of benzene rings is 2. The van der Waals surface area contributed by atoms with Crippen molar-refractivity contribution >= 4 is 11.7 Å². The van der Waals surface area contributed by atoms with Crippen LogP contribution in [0.5, 0.6) is 5.75 Å². The Kier molecular flexibility index (Phi) is 4.37. The van der Waals surface area contributed by atoms with Gasteiger partial charge in [0.05, 0.1) is 7.11 Å². The molecule has 0 aliphatic heterocycles. The van der Waals surface area contributed by atoms with Gasteiger partial charge in [-0.15, -0.1) is 0 Å². The first-order chi connectivity index (χ1) is 10.0. The summed E-state index contributed by atoms with van der Waals surface area (Å²) in [5.74, 6) is -2.20. The highest BCUT2D eigenvalue weighted by molar-refractivity contribution is 5.79. The van der Waals surface area contributed by atoms with Gasteiger partial charge in [0.15, 0.2) is 6.04 Å². The van der Waals surface area contributed by atoms with Crippen LogP contribution >= 0.6 is 0 Å². The molecule has 2 N–H and O–H groups in total. The molecule has 21 heavy (non-hydrogen) atoms. The van der Waals surface area contributed by atoms with Gasteiger partial charge in [0.25, 0.3) is 0 Å². The molecule has 2 aromatic rings. The van der Waals surface area contributed by atoms with Crippen molar-refractivity contribution in [2.75, 3.05) is 12.4 Å². The van der Waals surface area contributed by atoms with Crippen LogP contribution in [0.1, 0.15) is 11.6 Å². The molecule has 0 amide bonds. The minimum Gasteiger partial charge on any atom is -0.497 e. The van der Waals surface area contributed by atoms with Crippen LogP contribution in [0, 0.1) is 11.6 Å². The van der Waals surface area contributed by atoms with Crippen LogP contribution in [-0.2, 0) is 4.79 Å². The fraction of sp³-hybridized carbons (Fsp3) is 0.133. The lowest BCUT2D eigenvalue weighted by Gasteiger charge is -2.17. The third kappa shape index (κ3) is 3.47. The second kappa shape index (κ2) is 6.21. The first-order valence-electron chi connectivity index (χ1n) is 6.09. The number of hydrogen-bond acceptors (Lipinski definition) is 3. The summed E-state index contributed by atoms with van der Waals surface area (Å²) in [6.07, 6.45) is 0. The number of carboxylic acid groups (broad SMARTS) is 1. The molecule has 0 aliphatic rings. The molecule has 1 atom stereocenters. The van der Waals surface area contributed by atoms with Crippen molar-refractivity contribution in [2.45, 2.75) is 6.04 Å². The second-order valence-electron chi connectivity index (χ2n) is 4.31. The van der Waals surface area contributed by atoms with Crippen molar-refractivity contribution in [3.05, 3.63) is 59.7 Å². The number of anilines is 1. The SMILES string of the molecule is COc1ccc(NC(C(=O)O)c2cc(F)ccc2F)cc1. The quantitative estimate of drug-likeness (QED) is 0.888. The van der Waals surface area contributed by atoms with E-state index in [9.17, 15) is 18.7 Å². The van der Waals surface area contributed by atoms with Gasteiger partial charge in [-0.05, 0) is 42.5 Å². The molecule has 0 bridgehead atoms. The maximum absolute atomic E-state index is 13.7. The molecular formula is C15H13F2NO3. The zero-order valence-corrected chi connectivity index (χ0v) is 11.1. The van der Waals surface area contributed by atoms with E-state index in [-0.39, 0.29) is 5.56 Å². The van der Waals surface area contributed by atoms with Crippen molar-refractivity contribution < 1.29 is 23.4 Å².